The van der Waals surface area contributed by atoms with E-state index in [9.17, 15) is 9.18 Å². The molecule has 2 aliphatic carbocycles. The van der Waals surface area contributed by atoms with Crippen LogP contribution in [0, 0.1) is 17.7 Å². The van der Waals surface area contributed by atoms with Crippen LogP contribution in [0.25, 0.3) is 0 Å². The summed E-state index contributed by atoms with van der Waals surface area (Å²) >= 11 is 0. The highest BCUT2D eigenvalue weighted by atomic mass is 19.1. The smallest absolute Gasteiger partial charge is 0.310 e. The van der Waals surface area contributed by atoms with Gasteiger partial charge in [0.1, 0.15) is 5.82 Å². The predicted octanol–water partition coefficient (Wildman–Crippen LogP) is 5.20. The van der Waals surface area contributed by atoms with E-state index in [0.29, 0.717) is 29.8 Å². The lowest BCUT2D eigenvalue weighted by Crippen LogP contribution is -2.34. The van der Waals surface area contributed by atoms with Crippen LogP contribution in [0.3, 0.4) is 0 Å². The van der Waals surface area contributed by atoms with Crippen LogP contribution in [0.4, 0.5) is 4.39 Å². The molecule has 31 heavy (non-hydrogen) atoms. The Bertz CT molecular complexity index is 1040. The number of ether oxygens (including phenoxy) is 1. The summed E-state index contributed by atoms with van der Waals surface area (Å²) in [5, 5.41) is 3.79. The molecule has 0 radical (unpaired) electrons. The summed E-state index contributed by atoms with van der Waals surface area (Å²) in [6.45, 7) is 6.60. The highest BCUT2D eigenvalue weighted by Gasteiger charge is 2.36. The van der Waals surface area contributed by atoms with Gasteiger partial charge in [-0.1, -0.05) is 43.9 Å². The molecule has 4 rings (SSSR count). The zero-order chi connectivity index (χ0) is 22.0. The largest absolute Gasteiger partial charge is 0.466 e. The molecule has 1 unspecified atom stereocenters. The highest BCUT2D eigenvalue weighted by molar-refractivity contribution is 5.72. The van der Waals surface area contributed by atoms with E-state index in [1.165, 1.54) is 30.0 Å². The number of carbonyl (C=O) groups is 1. The Morgan fingerprint density at radius 3 is 2.71 bits per heavy atom. The number of rotatable bonds is 5. The summed E-state index contributed by atoms with van der Waals surface area (Å²) in [6.07, 6.45) is 4.73. The van der Waals surface area contributed by atoms with Gasteiger partial charge in [0.05, 0.1) is 13.0 Å². The minimum absolute atomic E-state index is 0.0527. The summed E-state index contributed by atoms with van der Waals surface area (Å²) in [6, 6.07) is 12.2. The Balaban J connectivity index is 1.61. The van der Waals surface area contributed by atoms with E-state index in [0.717, 1.165) is 18.4 Å². The summed E-state index contributed by atoms with van der Waals surface area (Å²) < 4.78 is 19.4. The van der Waals surface area contributed by atoms with Gasteiger partial charge in [-0.25, -0.2) is 4.39 Å². The Morgan fingerprint density at radius 2 is 2.00 bits per heavy atom. The second-order valence-corrected chi connectivity index (χ2v) is 9.22. The number of esters is 1. The maximum atomic E-state index is 14.5. The molecule has 0 aromatic heterocycles. The molecule has 1 atom stereocenters. The van der Waals surface area contributed by atoms with Crippen molar-refractivity contribution in [2.24, 2.45) is 0 Å². The van der Waals surface area contributed by atoms with Crippen LogP contribution >= 0.6 is 0 Å². The molecule has 4 heteroatoms. The van der Waals surface area contributed by atoms with Gasteiger partial charge >= 0.3 is 5.97 Å². The highest BCUT2D eigenvalue weighted by Crippen LogP contribution is 2.44. The van der Waals surface area contributed by atoms with Crippen LogP contribution in [0.1, 0.15) is 80.3 Å². The van der Waals surface area contributed by atoms with Crippen molar-refractivity contribution >= 4 is 5.97 Å². The maximum absolute atomic E-state index is 14.5. The molecule has 0 spiro atoms. The van der Waals surface area contributed by atoms with Crippen molar-refractivity contribution in [3.63, 3.8) is 0 Å². The molecule has 1 saturated carbocycles. The number of halogens is 1. The molecule has 0 saturated heterocycles. The zero-order valence-corrected chi connectivity index (χ0v) is 18.6. The van der Waals surface area contributed by atoms with E-state index in [1.54, 1.807) is 19.1 Å². The van der Waals surface area contributed by atoms with Crippen LogP contribution in [0.2, 0.25) is 0 Å². The van der Waals surface area contributed by atoms with Crippen molar-refractivity contribution in [3.05, 3.63) is 70.0 Å². The summed E-state index contributed by atoms with van der Waals surface area (Å²) in [7, 11) is 0. The molecule has 1 fully saturated rings. The van der Waals surface area contributed by atoms with Gasteiger partial charge in [0, 0.05) is 23.2 Å². The monoisotopic (exact) mass is 419 g/mol. The fraction of sp³-hybridized carbons (Fsp3) is 0.444. The quantitative estimate of drug-likeness (QED) is 0.535. The topological polar surface area (TPSA) is 38.3 Å². The molecule has 162 valence electrons. The standard InChI is InChI=1S/C27H30FNO2/c1-4-31-25(30)17-20-11-9-18(16-23(20)28)8-10-19-6-5-7-22-24(29-21-12-13-21)14-15-27(2,3)26(19)22/h5-7,9,11,16,21,24,29H,4,12-15,17H2,1-3H3. The Labute approximate surface area is 184 Å². The number of benzene rings is 2. The lowest BCUT2D eigenvalue weighted by molar-refractivity contribution is -0.142. The average Bonchev–Trinajstić information content (AvgIpc) is 3.55. The first-order valence-electron chi connectivity index (χ1n) is 11.2. The van der Waals surface area contributed by atoms with Crippen molar-refractivity contribution in [1.82, 2.24) is 5.32 Å². The second kappa shape index (κ2) is 8.85. The molecule has 3 nitrogen and oxygen atoms in total. The average molecular weight is 420 g/mol. The van der Waals surface area contributed by atoms with Crippen molar-refractivity contribution in [3.8, 4) is 11.8 Å². The van der Waals surface area contributed by atoms with Gasteiger partial charge in [0.25, 0.3) is 0 Å². The van der Waals surface area contributed by atoms with Crippen molar-refractivity contribution in [2.75, 3.05) is 6.61 Å². The third-order valence-corrected chi connectivity index (χ3v) is 6.26. The van der Waals surface area contributed by atoms with Crippen LogP contribution in [-0.2, 0) is 21.4 Å². The molecule has 2 aromatic carbocycles. The third kappa shape index (κ3) is 4.99. The predicted molar refractivity (Wildman–Crippen MR) is 120 cm³/mol. The number of carbonyl (C=O) groups excluding carboxylic acids is 1. The lowest BCUT2D eigenvalue weighted by Gasteiger charge is -2.38. The minimum atomic E-state index is -0.427. The molecular formula is C27H30FNO2. The van der Waals surface area contributed by atoms with E-state index >= 15 is 0 Å². The van der Waals surface area contributed by atoms with Crippen LogP contribution in [-0.4, -0.2) is 18.6 Å². The van der Waals surface area contributed by atoms with Gasteiger partial charge < -0.3 is 10.1 Å². The fourth-order valence-electron chi connectivity index (χ4n) is 4.49. The molecule has 0 bridgehead atoms. The van der Waals surface area contributed by atoms with Gasteiger partial charge in [-0.2, -0.15) is 0 Å². The van der Waals surface area contributed by atoms with E-state index in [1.807, 2.05) is 0 Å². The minimum Gasteiger partial charge on any atom is -0.466 e. The molecule has 0 amide bonds. The molecule has 2 aliphatic rings. The van der Waals surface area contributed by atoms with E-state index in [2.05, 4.69) is 49.2 Å². The van der Waals surface area contributed by atoms with Crippen LogP contribution < -0.4 is 5.32 Å². The maximum Gasteiger partial charge on any atom is 0.310 e. The third-order valence-electron chi connectivity index (χ3n) is 6.26. The Hall–Kier alpha value is -2.64. The molecular weight excluding hydrogens is 389 g/mol. The van der Waals surface area contributed by atoms with Crippen molar-refractivity contribution < 1.29 is 13.9 Å². The van der Waals surface area contributed by atoms with Gasteiger partial charge in [-0.3, -0.25) is 4.79 Å². The normalized spacial score (nSPS) is 19.2. The van der Waals surface area contributed by atoms with Gasteiger partial charge in [-0.05, 0) is 72.9 Å². The molecule has 2 aromatic rings. The number of hydrogen-bond donors (Lipinski definition) is 1. The van der Waals surface area contributed by atoms with E-state index in [4.69, 9.17) is 4.74 Å². The van der Waals surface area contributed by atoms with E-state index < -0.39 is 11.8 Å². The molecule has 0 heterocycles. The van der Waals surface area contributed by atoms with Crippen LogP contribution in [0.5, 0.6) is 0 Å². The van der Waals surface area contributed by atoms with Gasteiger partial charge in [-0.15, -0.1) is 0 Å². The first-order chi connectivity index (χ1) is 14.9. The summed E-state index contributed by atoms with van der Waals surface area (Å²) in [4.78, 5) is 11.6. The van der Waals surface area contributed by atoms with Crippen LogP contribution in [0.15, 0.2) is 36.4 Å². The van der Waals surface area contributed by atoms with Crippen molar-refractivity contribution in [1.29, 1.82) is 0 Å². The SMILES string of the molecule is CCOC(=O)Cc1ccc(C#Cc2cccc3c2C(C)(C)CCC3NC2CC2)cc1F. The molecule has 0 aliphatic heterocycles. The summed E-state index contributed by atoms with van der Waals surface area (Å²) in [5.41, 5.74) is 4.66. The number of hydrogen-bond acceptors (Lipinski definition) is 3. The van der Waals surface area contributed by atoms with Gasteiger partial charge in [0.2, 0.25) is 0 Å². The number of fused-ring (bicyclic) bond motifs is 1. The Kier molecular flexibility index (Phi) is 6.16. The molecule has 1 N–H and O–H groups in total. The van der Waals surface area contributed by atoms with E-state index in [-0.39, 0.29) is 11.8 Å². The zero-order valence-electron chi connectivity index (χ0n) is 18.6. The summed E-state index contributed by atoms with van der Waals surface area (Å²) in [5.74, 6) is 5.59. The second-order valence-electron chi connectivity index (χ2n) is 9.22. The first-order valence-corrected chi connectivity index (χ1v) is 11.2. The van der Waals surface area contributed by atoms with Crippen molar-refractivity contribution in [2.45, 2.75) is 70.4 Å². The fourth-order valence-corrected chi connectivity index (χ4v) is 4.49. The van der Waals surface area contributed by atoms with Gasteiger partial charge in [0.15, 0.2) is 0 Å². The number of nitrogens with one attached hydrogen (secondary N) is 1. The lowest BCUT2D eigenvalue weighted by atomic mass is 9.69. The first kappa shape index (κ1) is 21.6. The Morgan fingerprint density at radius 1 is 1.19 bits per heavy atom.